The topological polar surface area (TPSA) is 54.2 Å². The van der Waals surface area contributed by atoms with E-state index >= 15 is 0 Å². The van der Waals surface area contributed by atoms with Gasteiger partial charge in [0.25, 0.3) is 0 Å². The largest absolute Gasteiger partial charge is 0.382 e. The van der Waals surface area contributed by atoms with Gasteiger partial charge >= 0.3 is 0 Å². The lowest BCUT2D eigenvalue weighted by atomic mass is 10.3. The van der Waals surface area contributed by atoms with Gasteiger partial charge in [-0.05, 0) is 32.1 Å². The predicted octanol–water partition coefficient (Wildman–Crippen LogP) is 3.11. The lowest BCUT2D eigenvalue weighted by Crippen LogP contribution is -2.25. The van der Waals surface area contributed by atoms with Crippen LogP contribution in [0.1, 0.15) is 20.3 Å². The van der Waals surface area contributed by atoms with E-state index in [0.717, 1.165) is 32.6 Å². The maximum Gasteiger partial charge on any atom is 0.147 e. The predicted molar refractivity (Wildman–Crippen MR) is 79.6 cm³/mol. The maximum absolute atomic E-state index is 6.02. The summed E-state index contributed by atoms with van der Waals surface area (Å²) < 4.78 is 0. The van der Waals surface area contributed by atoms with Gasteiger partial charge in [0.2, 0.25) is 0 Å². The third-order valence-corrected chi connectivity index (χ3v) is 3.39. The monoisotopic (exact) mass is 290 g/mol. The number of rotatable bonds is 7. The fourth-order valence-corrected chi connectivity index (χ4v) is 2.08. The van der Waals surface area contributed by atoms with Crippen LogP contribution in [0.2, 0.25) is 10.0 Å². The minimum atomic E-state index is 0.298. The highest BCUT2D eigenvalue weighted by Gasteiger charge is 2.06. The molecule has 0 aliphatic rings. The van der Waals surface area contributed by atoms with Crippen molar-refractivity contribution in [3.63, 3.8) is 0 Å². The van der Waals surface area contributed by atoms with Gasteiger partial charge in [-0.3, -0.25) is 0 Å². The molecule has 0 aliphatic carbocycles. The Bertz CT molecular complexity index is 381. The first-order valence-corrected chi connectivity index (χ1v) is 6.91. The lowest BCUT2D eigenvalue weighted by molar-refractivity contribution is 0.303. The second kappa shape index (κ2) is 7.67. The van der Waals surface area contributed by atoms with E-state index in [2.05, 4.69) is 29.0 Å². The number of nitrogens with two attached hydrogens (primary N) is 1. The molecule has 0 bridgehead atoms. The summed E-state index contributed by atoms with van der Waals surface area (Å²) in [7, 11) is 0. The van der Waals surface area contributed by atoms with Crippen molar-refractivity contribution in [2.75, 3.05) is 37.2 Å². The van der Waals surface area contributed by atoms with E-state index in [1.807, 2.05) is 0 Å². The summed E-state index contributed by atoms with van der Waals surface area (Å²) in [6.07, 6.45) is 1.03. The van der Waals surface area contributed by atoms with Crippen LogP contribution in [0.3, 0.4) is 0 Å². The number of nitrogens with zero attached hydrogens (tertiary/aromatic N) is 2. The highest BCUT2D eigenvalue weighted by atomic mass is 35.5. The van der Waals surface area contributed by atoms with Gasteiger partial charge in [0.1, 0.15) is 11.6 Å². The fourth-order valence-electron chi connectivity index (χ4n) is 1.65. The second-order valence-corrected chi connectivity index (χ2v) is 4.81. The molecule has 6 heteroatoms. The fraction of sp³-hybridized carbons (Fsp3) is 0.583. The van der Waals surface area contributed by atoms with Crippen LogP contribution in [0.15, 0.2) is 6.07 Å². The number of halogens is 2. The first kappa shape index (κ1) is 15.3. The van der Waals surface area contributed by atoms with Crippen LogP contribution in [0.4, 0.5) is 11.6 Å². The summed E-state index contributed by atoms with van der Waals surface area (Å²) in [5.74, 6) is 0.894. The van der Waals surface area contributed by atoms with Gasteiger partial charge in [0.05, 0.1) is 10.0 Å². The normalized spacial score (nSPS) is 10.9. The molecule has 0 saturated carbocycles. The van der Waals surface area contributed by atoms with E-state index in [9.17, 15) is 0 Å². The Morgan fingerprint density at radius 2 is 1.94 bits per heavy atom. The van der Waals surface area contributed by atoms with Crippen LogP contribution in [0.25, 0.3) is 0 Å². The minimum absolute atomic E-state index is 0.298. The van der Waals surface area contributed by atoms with Gasteiger partial charge in [-0.25, -0.2) is 4.98 Å². The van der Waals surface area contributed by atoms with Crippen LogP contribution < -0.4 is 11.1 Å². The number of nitrogens with one attached hydrogen (secondary N) is 1. The molecule has 0 atom stereocenters. The van der Waals surface area contributed by atoms with E-state index in [0.29, 0.717) is 21.7 Å². The molecule has 1 heterocycles. The average molecular weight is 291 g/mol. The highest BCUT2D eigenvalue weighted by Crippen LogP contribution is 2.27. The summed E-state index contributed by atoms with van der Waals surface area (Å²) in [6.45, 7) is 8.34. The quantitative estimate of drug-likeness (QED) is 0.758. The Morgan fingerprint density at radius 1 is 1.28 bits per heavy atom. The molecule has 1 aromatic heterocycles. The molecule has 0 fully saturated rings. The molecule has 0 aliphatic heterocycles. The van der Waals surface area contributed by atoms with E-state index in [-0.39, 0.29) is 0 Å². The van der Waals surface area contributed by atoms with E-state index in [1.54, 1.807) is 6.07 Å². The van der Waals surface area contributed by atoms with Crippen molar-refractivity contribution < 1.29 is 0 Å². The Balaban J connectivity index is 2.42. The molecular weight excluding hydrogens is 271 g/mol. The molecule has 0 saturated heterocycles. The van der Waals surface area contributed by atoms with Crippen LogP contribution in [0.5, 0.6) is 0 Å². The first-order chi connectivity index (χ1) is 8.58. The maximum atomic E-state index is 6.02. The Kier molecular flexibility index (Phi) is 6.54. The number of nitrogen functional groups attached to an aromatic ring is 1. The average Bonchev–Trinajstić information content (AvgIpc) is 2.35. The Labute approximate surface area is 118 Å². The molecule has 0 spiro atoms. The number of pyridine rings is 1. The molecule has 0 unspecified atom stereocenters. The Morgan fingerprint density at radius 3 is 2.56 bits per heavy atom. The van der Waals surface area contributed by atoms with Crippen molar-refractivity contribution in [2.24, 2.45) is 0 Å². The molecular formula is C12H20Cl2N4. The molecule has 0 amide bonds. The van der Waals surface area contributed by atoms with Gasteiger partial charge in [-0.15, -0.1) is 0 Å². The summed E-state index contributed by atoms with van der Waals surface area (Å²) in [5, 5.41) is 4.06. The van der Waals surface area contributed by atoms with Crippen molar-refractivity contribution in [1.82, 2.24) is 9.88 Å². The number of hydrogen-bond acceptors (Lipinski definition) is 4. The zero-order valence-corrected chi connectivity index (χ0v) is 12.4. The van der Waals surface area contributed by atoms with E-state index in [1.165, 1.54) is 0 Å². The van der Waals surface area contributed by atoms with Crippen LogP contribution >= 0.6 is 23.2 Å². The third kappa shape index (κ3) is 4.52. The number of hydrogen-bond donors (Lipinski definition) is 2. The number of anilines is 2. The standard InChI is InChI=1S/C12H20Cl2N4/c1-3-18(4-2)7-5-6-16-12-10(14)8-9(13)11(15)17-12/h8H,3-7H2,1-2H3,(H3,15,16,17). The Hall–Kier alpha value is -0.710. The van der Waals surface area contributed by atoms with E-state index in [4.69, 9.17) is 28.9 Å². The van der Waals surface area contributed by atoms with Crippen LogP contribution in [-0.4, -0.2) is 36.1 Å². The molecule has 18 heavy (non-hydrogen) atoms. The van der Waals surface area contributed by atoms with Gasteiger partial charge in [0, 0.05) is 6.54 Å². The first-order valence-electron chi connectivity index (χ1n) is 6.16. The lowest BCUT2D eigenvalue weighted by Gasteiger charge is -2.18. The third-order valence-electron chi connectivity index (χ3n) is 2.79. The molecule has 0 radical (unpaired) electrons. The van der Waals surface area contributed by atoms with Gasteiger partial charge in [0.15, 0.2) is 0 Å². The smallest absolute Gasteiger partial charge is 0.147 e. The molecule has 0 aromatic carbocycles. The summed E-state index contributed by atoms with van der Waals surface area (Å²) in [4.78, 5) is 6.49. The van der Waals surface area contributed by atoms with Crippen molar-refractivity contribution in [2.45, 2.75) is 20.3 Å². The molecule has 1 rings (SSSR count). The summed E-state index contributed by atoms with van der Waals surface area (Å²) >= 11 is 11.8. The minimum Gasteiger partial charge on any atom is -0.382 e. The highest BCUT2D eigenvalue weighted by molar-refractivity contribution is 6.37. The molecule has 3 N–H and O–H groups in total. The molecule has 4 nitrogen and oxygen atoms in total. The van der Waals surface area contributed by atoms with Crippen LogP contribution in [0, 0.1) is 0 Å². The van der Waals surface area contributed by atoms with Crippen LogP contribution in [-0.2, 0) is 0 Å². The van der Waals surface area contributed by atoms with Crippen molar-refractivity contribution >= 4 is 34.8 Å². The second-order valence-electron chi connectivity index (χ2n) is 3.99. The summed E-state index contributed by atoms with van der Waals surface area (Å²) in [6, 6.07) is 1.61. The summed E-state index contributed by atoms with van der Waals surface area (Å²) in [5.41, 5.74) is 5.64. The zero-order valence-electron chi connectivity index (χ0n) is 10.8. The molecule has 1 aromatic rings. The number of aromatic nitrogens is 1. The van der Waals surface area contributed by atoms with Gasteiger partial charge < -0.3 is 16.0 Å². The SMILES string of the molecule is CCN(CC)CCCNc1nc(N)c(Cl)cc1Cl. The van der Waals surface area contributed by atoms with Gasteiger partial charge in [-0.2, -0.15) is 0 Å². The van der Waals surface area contributed by atoms with Crippen molar-refractivity contribution in [3.05, 3.63) is 16.1 Å². The molecule has 102 valence electrons. The van der Waals surface area contributed by atoms with Crippen molar-refractivity contribution in [3.8, 4) is 0 Å². The zero-order chi connectivity index (χ0) is 13.5. The van der Waals surface area contributed by atoms with Gasteiger partial charge in [-0.1, -0.05) is 37.0 Å². The van der Waals surface area contributed by atoms with Crippen molar-refractivity contribution in [1.29, 1.82) is 0 Å². The van der Waals surface area contributed by atoms with E-state index < -0.39 is 0 Å².